The number of carbonyl (C=O) groups is 1. The van der Waals surface area contributed by atoms with Gasteiger partial charge in [0.25, 0.3) is 0 Å². The summed E-state index contributed by atoms with van der Waals surface area (Å²) in [5.74, 6) is 0. The molecule has 2 aromatic rings. The molecule has 0 atom stereocenters. The van der Waals surface area contributed by atoms with Crippen molar-refractivity contribution in [1.29, 1.82) is 0 Å². The summed E-state index contributed by atoms with van der Waals surface area (Å²) in [6, 6.07) is 15.8. The van der Waals surface area contributed by atoms with Crippen molar-refractivity contribution < 1.29 is 4.79 Å². The van der Waals surface area contributed by atoms with Crippen LogP contribution in [0.1, 0.15) is 5.56 Å². The zero-order chi connectivity index (χ0) is 13.0. The molecule has 0 heterocycles. The van der Waals surface area contributed by atoms with Crippen molar-refractivity contribution in [2.75, 3.05) is 12.4 Å². The van der Waals surface area contributed by atoms with E-state index in [1.165, 1.54) is 0 Å². The summed E-state index contributed by atoms with van der Waals surface area (Å²) in [5.41, 5.74) is 4.04. The number of aryl methyl sites for hydroxylation is 1. The van der Waals surface area contributed by atoms with E-state index in [-0.39, 0.29) is 6.03 Å². The number of hydrogen-bond acceptors (Lipinski definition) is 1. The number of rotatable bonds is 2. The maximum Gasteiger partial charge on any atom is 0.318 e. The van der Waals surface area contributed by atoms with Gasteiger partial charge in [0.1, 0.15) is 0 Å². The fraction of sp³-hybridized carbons (Fsp3) is 0.133. The topological polar surface area (TPSA) is 41.1 Å². The van der Waals surface area contributed by atoms with Gasteiger partial charge in [-0.1, -0.05) is 42.5 Å². The van der Waals surface area contributed by atoms with E-state index < -0.39 is 0 Å². The van der Waals surface area contributed by atoms with E-state index in [2.05, 4.69) is 10.6 Å². The van der Waals surface area contributed by atoms with Gasteiger partial charge in [0, 0.05) is 12.6 Å². The normalized spacial score (nSPS) is 9.89. The average molecular weight is 240 g/mol. The second kappa shape index (κ2) is 5.36. The minimum atomic E-state index is -0.210. The molecule has 2 rings (SSSR count). The van der Waals surface area contributed by atoms with E-state index in [1.807, 2.05) is 55.5 Å². The lowest BCUT2D eigenvalue weighted by atomic mass is 10.0. The van der Waals surface area contributed by atoms with Crippen LogP contribution in [0.25, 0.3) is 11.1 Å². The van der Waals surface area contributed by atoms with Crippen LogP contribution in [0.5, 0.6) is 0 Å². The van der Waals surface area contributed by atoms with Gasteiger partial charge in [-0.2, -0.15) is 0 Å². The summed E-state index contributed by atoms with van der Waals surface area (Å²) in [6.07, 6.45) is 0. The summed E-state index contributed by atoms with van der Waals surface area (Å²) in [7, 11) is 1.60. The Morgan fingerprint density at radius 2 is 1.78 bits per heavy atom. The summed E-state index contributed by atoms with van der Waals surface area (Å²) in [6.45, 7) is 2.00. The van der Waals surface area contributed by atoms with Gasteiger partial charge >= 0.3 is 6.03 Å². The molecule has 0 aliphatic carbocycles. The van der Waals surface area contributed by atoms with E-state index >= 15 is 0 Å². The first kappa shape index (κ1) is 12.2. The molecule has 0 saturated heterocycles. The molecule has 18 heavy (non-hydrogen) atoms. The molecule has 2 N–H and O–H groups in total. The molecule has 92 valence electrons. The molecule has 0 aliphatic rings. The van der Waals surface area contributed by atoms with Crippen molar-refractivity contribution >= 4 is 11.7 Å². The van der Waals surface area contributed by atoms with Gasteiger partial charge < -0.3 is 10.6 Å². The van der Waals surface area contributed by atoms with Crippen LogP contribution >= 0.6 is 0 Å². The molecular weight excluding hydrogens is 224 g/mol. The Morgan fingerprint density at radius 1 is 1.06 bits per heavy atom. The zero-order valence-electron chi connectivity index (χ0n) is 10.5. The van der Waals surface area contributed by atoms with Crippen molar-refractivity contribution in [2.45, 2.75) is 6.92 Å². The lowest BCUT2D eigenvalue weighted by Gasteiger charge is -2.12. The van der Waals surface area contributed by atoms with E-state index in [4.69, 9.17) is 0 Å². The Balaban J connectivity index is 2.44. The number of benzene rings is 2. The average Bonchev–Trinajstić information content (AvgIpc) is 2.40. The molecule has 0 aliphatic heterocycles. The van der Waals surface area contributed by atoms with Crippen molar-refractivity contribution in [1.82, 2.24) is 5.32 Å². The maximum absolute atomic E-state index is 11.5. The first-order valence-corrected chi connectivity index (χ1v) is 5.85. The SMILES string of the molecule is CNC(=O)Nc1cc(C)ccc1-c1ccccc1. The molecule has 0 spiro atoms. The molecule has 0 bridgehead atoms. The minimum Gasteiger partial charge on any atom is -0.341 e. The summed E-state index contributed by atoms with van der Waals surface area (Å²) in [4.78, 5) is 11.5. The molecule has 3 heteroatoms. The molecule has 0 radical (unpaired) electrons. The Kier molecular flexibility index (Phi) is 3.63. The van der Waals surface area contributed by atoms with E-state index in [1.54, 1.807) is 7.05 Å². The van der Waals surface area contributed by atoms with Gasteiger partial charge in [0.05, 0.1) is 5.69 Å². The number of nitrogens with one attached hydrogen (secondary N) is 2. The quantitative estimate of drug-likeness (QED) is 0.829. The zero-order valence-corrected chi connectivity index (χ0v) is 10.5. The van der Waals surface area contributed by atoms with Gasteiger partial charge in [0.15, 0.2) is 0 Å². The van der Waals surface area contributed by atoms with Crippen molar-refractivity contribution in [3.63, 3.8) is 0 Å². The largest absolute Gasteiger partial charge is 0.341 e. The summed E-state index contributed by atoms with van der Waals surface area (Å²) >= 11 is 0. The highest BCUT2D eigenvalue weighted by Gasteiger charge is 2.07. The van der Waals surface area contributed by atoms with Crippen molar-refractivity contribution in [3.05, 3.63) is 54.1 Å². The first-order valence-electron chi connectivity index (χ1n) is 5.85. The van der Waals surface area contributed by atoms with Crippen LogP contribution in [0.15, 0.2) is 48.5 Å². The second-order valence-corrected chi connectivity index (χ2v) is 4.12. The fourth-order valence-electron chi connectivity index (χ4n) is 1.82. The number of carbonyl (C=O) groups excluding carboxylic acids is 1. The van der Waals surface area contributed by atoms with Gasteiger partial charge in [-0.3, -0.25) is 0 Å². The van der Waals surface area contributed by atoms with Crippen LogP contribution in [0, 0.1) is 6.92 Å². The lowest BCUT2D eigenvalue weighted by molar-refractivity contribution is 0.254. The number of amides is 2. The summed E-state index contributed by atoms with van der Waals surface area (Å²) in [5, 5.41) is 5.41. The van der Waals surface area contributed by atoms with Crippen LogP contribution < -0.4 is 10.6 Å². The van der Waals surface area contributed by atoms with Crippen molar-refractivity contribution in [2.24, 2.45) is 0 Å². The highest BCUT2D eigenvalue weighted by Crippen LogP contribution is 2.28. The molecule has 3 nitrogen and oxygen atoms in total. The number of hydrogen-bond donors (Lipinski definition) is 2. The standard InChI is InChI=1S/C15H16N2O/c1-11-8-9-13(12-6-4-3-5-7-12)14(10-11)17-15(18)16-2/h3-10H,1-2H3,(H2,16,17,18). The predicted octanol–water partition coefficient (Wildman–Crippen LogP) is 3.41. The third kappa shape index (κ3) is 2.69. The highest BCUT2D eigenvalue weighted by atomic mass is 16.2. The van der Waals surface area contributed by atoms with Gasteiger partial charge in [-0.15, -0.1) is 0 Å². The van der Waals surface area contributed by atoms with Crippen LogP contribution in [0.3, 0.4) is 0 Å². The van der Waals surface area contributed by atoms with Crippen LogP contribution in [0.2, 0.25) is 0 Å². The monoisotopic (exact) mass is 240 g/mol. The Hall–Kier alpha value is -2.29. The predicted molar refractivity (Wildman–Crippen MR) is 74.7 cm³/mol. The van der Waals surface area contributed by atoms with Crippen LogP contribution in [0.4, 0.5) is 10.5 Å². The maximum atomic E-state index is 11.5. The molecular formula is C15H16N2O. The van der Waals surface area contributed by atoms with Crippen molar-refractivity contribution in [3.8, 4) is 11.1 Å². The third-order valence-electron chi connectivity index (χ3n) is 2.74. The molecule has 0 unspecified atom stereocenters. The Bertz CT molecular complexity index is 550. The Morgan fingerprint density at radius 3 is 2.44 bits per heavy atom. The molecule has 0 saturated carbocycles. The minimum absolute atomic E-state index is 0.210. The molecule has 2 amide bonds. The Labute approximate surface area is 107 Å². The summed E-state index contributed by atoms with van der Waals surface area (Å²) < 4.78 is 0. The molecule has 2 aromatic carbocycles. The number of anilines is 1. The van der Waals surface area contributed by atoms with Crippen LogP contribution in [-0.2, 0) is 0 Å². The smallest absolute Gasteiger partial charge is 0.318 e. The van der Waals surface area contributed by atoms with Gasteiger partial charge in [-0.05, 0) is 24.1 Å². The van der Waals surface area contributed by atoms with Gasteiger partial charge in [-0.25, -0.2) is 4.79 Å². The van der Waals surface area contributed by atoms with E-state index in [0.29, 0.717) is 0 Å². The lowest BCUT2D eigenvalue weighted by Crippen LogP contribution is -2.24. The number of urea groups is 1. The molecule has 0 fully saturated rings. The van der Waals surface area contributed by atoms with Gasteiger partial charge in [0.2, 0.25) is 0 Å². The van der Waals surface area contributed by atoms with E-state index in [0.717, 1.165) is 22.4 Å². The van der Waals surface area contributed by atoms with Crippen LogP contribution in [-0.4, -0.2) is 13.1 Å². The highest BCUT2D eigenvalue weighted by molar-refractivity contribution is 5.94. The third-order valence-corrected chi connectivity index (χ3v) is 2.74. The van der Waals surface area contributed by atoms with E-state index in [9.17, 15) is 4.79 Å². The molecule has 0 aromatic heterocycles. The first-order chi connectivity index (χ1) is 8.70. The fourth-order valence-corrected chi connectivity index (χ4v) is 1.82. The second-order valence-electron chi connectivity index (χ2n) is 4.12.